The number of benzene rings is 2. The number of carbonyl (C=O) groups is 2. The molecule has 0 spiro atoms. The highest BCUT2D eigenvalue weighted by molar-refractivity contribution is 5.95. The summed E-state index contributed by atoms with van der Waals surface area (Å²) in [6.07, 6.45) is 0. The average molecular weight is 327 g/mol. The van der Waals surface area contributed by atoms with E-state index in [-0.39, 0.29) is 23.3 Å². The highest BCUT2D eigenvalue weighted by Crippen LogP contribution is 2.23. The predicted molar refractivity (Wildman–Crippen MR) is 92.2 cm³/mol. The molecule has 24 heavy (non-hydrogen) atoms. The van der Waals surface area contributed by atoms with Gasteiger partial charge in [-0.2, -0.15) is 0 Å². The lowest BCUT2D eigenvalue weighted by Crippen LogP contribution is -2.21. The maximum atomic E-state index is 11.9. The van der Waals surface area contributed by atoms with Gasteiger partial charge < -0.3 is 15.2 Å². The van der Waals surface area contributed by atoms with Gasteiger partial charge in [0.2, 0.25) is 0 Å². The van der Waals surface area contributed by atoms with Crippen LogP contribution >= 0.6 is 0 Å². The molecule has 0 aliphatic carbocycles. The third kappa shape index (κ3) is 4.84. The normalized spacial score (nSPS) is 11.0. The number of aromatic hydroxyl groups is 1. The molecule has 0 aromatic heterocycles. The molecule has 0 atom stereocenters. The zero-order valence-corrected chi connectivity index (χ0v) is 14.0. The molecule has 126 valence electrons. The van der Waals surface area contributed by atoms with Gasteiger partial charge in [-0.3, -0.25) is 4.79 Å². The Morgan fingerprint density at radius 1 is 1.00 bits per heavy atom. The number of nitrogens with one attached hydrogen (secondary N) is 1. The Kier molecular flexibility index (Phi) is 5.24. The molecule has 2 rings (SSSR count). The first-order valence-electron chi connectivity index (χ1n) is 7.62. The first-order chi connectivity index (χ1) is 11.3. The van der Waals surface area contributed by atoms with Crippen LogP contribution in [0.25, 0.3) is 0 Å². The number of hydrogen-bond donors (Lipinski definition) is 2. The molecular weight excluding hydrogens is 306 g/mol. The van der Waals surface area contributed by atoms with Crippen molar-refractivity contribution < 1.29 is 19.4 Å². The molecule has 2 aromatic carbocycles. The van der Waals surface area contributed by atoms with Gasteiger partial charge in [0, 0.05) is 5.69 Å². The van der Waals surface area contributed by atoms with Crippen molar-refractivity contribution in [3.8, 4) is 5.75 Å². The third-order valence-electron chi connectivity index (χ3n) is 3.47. The Hall–Kier alpha value is -2.82. The largest absolute Gasteiger partial charge is 0.508 e. The molecular formula is C19H21NO4. The monoisotopic (exact) mass is 327 g/mol. The summed E-state index contributed by atoms with van der Waals surface area (Å²) in [5.41, 5.74) is 2.13. The van der Waals surface area contributed by atoms with Crippen molar-refractivity contribution in [1.29, 1.82) is 0 Å². The summed E-state index contributed by atoms with van der Waals surface area (Å²) in [6, 6.07) is 13.2. The van der Waals surface area contributed by atoms with Crippen molar-refractivity contribution in [2.24, 2.45) is 0 Å². The van der Waals surface area contributed by atoms with Crippen LogP contribution in [-0.2, 0) is 14.9 Å². The second-order valence-electron chi connectivity index (χ2n) is 6.50. The number of anilines is 1. The SMILES string of the molecule is CC(C)(C)c1ccc(NC(=O)COC(=O)c2ccc(O)cc2)cc1. The molecule has 1 amide bonds. The minimum Gasteiger partial charge on any atom is -0.508 e. The van der Waals surface area contributed by atoms with E-state index in [9.17, 15) is 14.7 Å². The summed E-state index contributed by atoms with van der Waals surface area (Å²) in [6.45, 7) is 5.97. The Balaban J connectivity index is 1.87. The van der Waals surface area contributed by atoms with Gasteiger partial charge in [-0.05, 0) is 47.4 Å². The second kappa shape index (κ2) is 7.17. The lowest BCUT2D eigenvalue weighted by molar-refractivity contribution is -0.119. The van der Waals surface area contributed by atoms with Gasteiger partial charge in [0.05, 0.1) is 5.56 Å². The van der Waals surface area contributed by atoms with Crippen LogP contribution < -0.4 is 5.32 Å². The Morgan fingerprint density at radius 2 is 1.58 bits per heavy atom. The molecule has 0 radical (unpaired) electrons. The van der Waals surface area contributed by atoms with Crippen LogP contribution in [0.2, 0.25) is 0 Å². The molecule has 0 aliphatic rings. The van der Waals surface area contributed by atoms with Crippen molar-refractivity contribution in [2.45, 2.75) is 26.2 Å². The smallest absolute Gasteiger partial charge is 0.338 e. The van der Waals surface area contributed by atoms with E-state index < -0.39 is 11.9 Å². The van der Waals surface area contributed by atoms with Gasteiger partial charge in [0.15, 0.2) is 6.61 Å². The predicted octanol–water partition coefficient (Wildman–Crippen LogP) is 3.49. The summed E-state index contributed by atoms with van der Waals surface area (Å²) in [4.78, 5) is 23.6. The molecule has 0 fully saturated rings. The fourth-order valence-corrected chi connectivity index (χ4v) is 2.06. The van der Waals surface area contributed by atoms with Crippen molar-refractivity contribution in [3.05, 3.63) is 59.7 Å². The average Bonchev–Trinajstić information content (AvgIpc) is 2.53. The summed E-state index contributed by atoms with van der Waals surface area (Å²) >= 11 is 0. The number of hydrogen-bond acceptors (Lipinski definition) is 4. The van der Waals surface area contributed by atoms with E-state index in [1.807, 2.05) is 24.3 Å². The number of ether oxygens (including phenoxy) is 1. The molecule has 0 saturated carbocycles. The fourth-order valence-electron chi connectivity index (χ4n) is 2.06. The summed E-state index contributed by atoms with van der Waals surface area (Å²) in [5, 5.41) is 11.9. The number of phenols is 1. The molecule has 5 nitrogen and oxygen atoms in total. The van der Waals surface area contributed by atoms with E-state index in [2.05, 4.69) is 26.1 Å². The van der Waals surface area contributed by atoms with Crippen molar-refractivity contribution in [2.75, 3.05) is 11.9 Å². The maximum Gasteiger partial charge on any atom is 0.338 e. The summed E-state index contributed by atoms with van der Waals surface area (Å²) in [5.74, 6) is -0.970. The van der Waals surface area contributed by atoms with Crippen LogP contribution in [-0.4, -0.2) is 23.6 Å². The maximum absolute atomic E-state index is 11.9. The highest BCUT2D eigenvalue weighted by Gasteiger charge is 2.14. The van der Waals surface area contributed by atoms with Gasteiger partial charge >= 0.3 is 5.97 Å². The first kappa shape index (κ1) is 17.5. The minimum atomic E-state index is -0.617. The van der Waals surface area contributed by atoms with Crippen molar-refractivity contribution in [3.63, 3.8) is 0 Å². The standard InChI is InChI=1S/C19H21NO4/c1-19(2,3)14-6-8-15(9-7-14)20-17(22)12-24-18(23)13-4-10-16(21)11-5-13/h4-11,21H,12H2,1-3H3,(H,20,22). The lowest BCUT2D eigenvalue weighted by atomic mass is 9.87. The summed E-state index contributed by atoms with van der Waals surface area (Å²) in [7, 11) is 0. The van der Waals surface area contributed by atoms with E-state index >= 15 is 0 Å². The molecule has 0 aliphatic heterocycles. The minimum absolute atomic E-state index is 0.0438. The molecule has 0 heterocycles. The van der Waals surface area contributed by atoms with Crippen LogP contribution in [0.5, 0.6) is 5.75 Å². The molecule has 0 unspecified atom stereocenters. The van der Waals surface area contributed by atoms with Crippen LogP contribution in [0, 0.1) is 0 Å². The van der Waals surface area contributed by atoms with Gasteiger partial charge in [-0.25, -0.2) is 4.79 Å². The molecule has 0 bridgehead atoms. The van der Waals surface area contributed by atoms with Crippen molar-refractivity contribution >= 4 is 17.6 Å². The van der Waals surface area contributed by atoms with Gasteiger partial charge in [0.25, 0.3) is 5.91 Å². The van der Waals surface area contributed by atoms with E-state index in [0.717, 1.165) is 0 Å². The Morgan fingerprint density at radius 3 is 2.12 bits per heavy atom. The number of rotatable bonds is 4. The molecule has 2 N–H and O–H groups in total. The van der Waals surface area contributed by atoms with Gasteiger partial charge in [0.1, 0.15) is 5.75 Å². The Bertz CT molecular complexity index is 713. The lowest BCUT2D eigenvalue weighted by Gasteiger charge is -2.19. The zero-order chi connectivity index (χ0) is 17.7. The first-order valence-corrected chi connectivity index (χ1v) is 7.62. The van der Waals surface area contributed by atoms with Gasteiger partial charge in [-0.1, -0.05) is 32.9 Å². The van der Waals surface area contributed by atoms with Crippen LogP contribution in [0.15, 0.2) is 48.5 Å². The van der Waals surface area contributed by atoms with Crippen molar-refractivity contribution in [1.82, 2.24) is 0 Å². The van der Waals surface area contributed by atoms with E-state index in [1.54, 1.807) is 0 Å². The fraction of sp³-hybridized carbons (Fsp3) is 0.263. The van der Waals surface area contributed by atoms with E-state index in [1.165, 1.54) is 29.8 Å². The third-order valence-corrected chi connectivity index (χ3v) is 3.47. The van der Waals surface area contributed by atoms with Gasteiger partial charge in [-0.15, -0.1) is 0 Å². The summed E-state index contributed by atoms with van der Waals surface area (Å²) < 4.78 is 4.95. The van der Waals surface area contributed by atoms with E-state index in [0.29, 0.717) is 5.69 Å². The van der Waals surface area contributed by atoms with Crippen LogP contribution in [0.1, 0.15) is 36.7 Å². The highest BCUT2D eigenvalue weighted by atomic mass is 16.5. The number of esters is 1. The number of phenolic OH excluding ortho intramolecular Hbond substituents is 1. The van der Waals surface area contributed by atoms with E-state index in [4.69, 9.17) is 4.74 Å². The Labute approximate surface area is 141 Å². The number of amides is 1. The second-order valence-corrected chi connectivity index (χ2v) is 6.50. The van der Waals surface area contributed by atoms with Crippen LogP contribution in [0.4, 0.5) is 5.69 Å². The molecule has 0 saturated heterocycles. The topological polar surface area (TPSA) is 75.6 Å². The zero-order valence-electron chi connectivity index (χ0n) is 14.0. The van der Waals surface area contributed by atoms with Crippen LogP contribution in [0.3, 0.4) is 0 Å². The quantitative estimate of drug-likeness (QED) is 0.843. The molecule has 2 aromatic rings. The molecule has 5 heteroatoms. The number of carbonyl (C=O) groups excluding carboxylic acids is 2.